The second kappa shape index (κ2) is 6.64. The molecule has 110 valence electrons. The van der Waals surface area contributed by atoms with Crippen LogP contribution in [0.15, 0.2) is 23.1 Å². The van der Waals surface area contributed by atoms with Crippen molar-refractivity contribution in [2.75, 3.05) is 19.4 Å². The monoisotopic (exact) mass is 293 g/mol. The Kier molecular flexibility index (Phi) is 5.11. The summed E-state index contributed by atoms with van der Waals surface area (Å²) in [6.45, 7) is 2.69. The van der Waals surface area contributed by atoms with Crippen LogP contribution in [0.5, 0.6) is 0 Å². The van der Waals surface area contributed by atoms with Crippen LogP contribution in [0.1, 0.15) is 41.6 Å². The van der Waals surface area contributed by atoms with Gasteiger partial charge in [-0.1, -0.05) is 18.9 Å². The minimum absolute atomic E-state index is 0.0295. The smallest absolute Gasteiger partial charge is 0.251 e. The molecule has 1 aromatic rings. The molecule has 1 amide bonds. The van der Waals surface area contributed by atoms with E-state index < -0.39 is 0 Å². The van der Waals surface area contributed by atoms with Crippen molar-refractivity contribution < 1.29 is 9.90 Å². The van der Waals surface area contributed by atoms with E-state index in [-0.39, 0.29) is 17.9 Å². The molecule has 1 aliphatic rings. The van der Waals surface area contributed by atoms with Crippen LogP contribution in [0.25, 0.3) is 0 Å². The maximum Gasteiger partial charge on any atom is 0.251 e. The topological polar surface area (TPSA) is 49.3 Å². The van der Waals surface area contributed by atoms with Gasteiger partial charge in [0.1, 0.15) is 0 Å². The van der Waals surface area contributed by atoms with Crippen LogP contribution in [0.3, 0.4) is 0 Å². The van der Waals surface area contributed by atoms with E-state index in [1.165, 1.54) is 0 Å². The first-order valence-electron chi connectivity index (χ1n) is 7.14. The Morgan fingerprint density at radius 1 is 1.40 bits per heavy atom. The van der Waals surface area contributed by atoms with Gasteiger partial charge in [-0.2, -0.15) is 0 Å². The summed E-state index contributed by atoms with van der Waals surface area (Å²) in [6, 6.07) is 5.96. The molecule has 1 aliphatic carbocycles. The second-order valence-corrected chi connectivity index (χ2v) is 6.61. The third kappa shape index (κ3) is 3.36. The van der Waals surface area contributed by atoms with Crippen molar-refractivity contribution >= 4 is 17.7 Å². The number of hydrogen-bond donors (Lipinski definition) is 2. The Hall–Kier alpha value is -1.00. The van der Waals surface area contributed by atoms with Crippen molar-refractivity contribution in [2.24, 2.45) is 5.41 Å². The number of carbonyl (C=O) groups excluding carboxylic acids is 1. The number of benzene rings is 1. The van der Waals surface area contributed by atoms with Crippen molar-refractivity contribution in [1.29, 1.82) is 0 Å². The van der Waals surface area contributed by atoms with E-state index in [9.17, 15) is 9.90 Å². The SMILES string of the molecule is CSc1ccc(C)c(C(=O)NCC2(CO)CCCC2)c1. The lowest BCUT2D eigenvalue weighted by atomic mass is 9.87. The molecule has 2 N–H and O–H groups in total. The fraction of sp³-hybridized carbons (Fsp3) is 0.562. The van der Waals surface area contributed by atoms with Gasteiger partial charge in [-0.15, -0.1) is 11.8 Å². The second-order valence-electron chi connectivity index (χ2n) is 5.73. The van der Waals surface area contributed by atoms with Crippen molar-refractivity contribution in [3.63, 3.8) is 0 Å². The molecule has 2 rings (SSSR count). The first-order chi connectivity index (χ1) is 9.60. The average molecular weight is 293 g/mol. The molecule has 1 fully saturated rings. The summed E-state index contributed by atoms with van der Waals surface area (Å²) in [4.78, 5) is 13.4. The first kappa shape index (κ1) is 15.4. The number of aryl methyl sites for hydroxylation is 1. The Morgan fingerprint density at radius 2 is 2.10 bits per heavy atom. The molecule has 0 heterocycles. The number of aliphatic hydroxyl groups is 1. The van der Waals surface area contributed by atoms with Crippen molar-refractivity contribution in [2.45, 2.75) is 37.5 Å². The Balaban J connectivity index is 2.04. The Labute approximate surface area is 125 Å². The highest BCUT2D eigenvalue weighted by molar-refractivity contribution is 7.98. The molecule has 3 nitrogen and oxygen atoms in total. The molecule has 0 saturated heterocycles. The normalized spacial score (nSPS) is 17.1. The standard InChI is InChI=1S/C16H23NO2S/c1-12-5-6-13(20-2)9-14(12)15(19)17-10-16(11-18)7-3-4-8-16/h5-6,9,18H,3-4,7-8,10-11H2,1-2H3,(H,17,19). The van der Waals surface area contributed by atoms with E-state index in [0.717, 1.165) is 41.7 Å². The zero-order chi connectivity index (χ0) is 14.6. The summed E-state index contributed by atoms with van der Waals surface area (Å²) in [5, 5.41) is 12.6. The van der Waals surface area contributed by atoms with Crippen LogP contribution in [0.4, 0.5) is 0 Å². The van der Waals surface area contributed by atoms with Gasteiger partial charge in [-0.3, -0.25) is 4.79 Å². The highest BCUT2D eigenvalue weighted by atomic mass is 32.2. The molecule has 0 bridgehead atoms. The predicted molar refractivity (Wildman–Crippen MR) is 83.3 cm³/mol. The molecule has 0 aliphatic heterocycles. The van der Waals surface area contributed by atoms with Gasteiger partial charge >= 0.3 is 0 Å². The molecular formula is C16H23NO2S. The zero-order valence-corrected chi connectivity index (χ0v) is 13.1. The van der Waals surface area contributed by atoms with Crippen LogP contribution < -0.4 is 5.32 Å². The van der Waals surface area contributed by atoms with Gasteiger partial charge in [0.2, 0.25) is 0 Å². The van der Waals surface area contributed by atoms with Gasteiger partial charge in [0.15, 0.2) is 0 Å². The van der Waals surface area contributed by atoms with Crippen molar-refractivity contribution in [3.8, 4) is 0 Å². The number of carbonyl (C=O) groups is 1. The van der Waals surface area contributed by atoms with E-state index in [4.69, 9.17) is 0 Å². The lowest BCUT2D eigenvalue weighted by Gasteiger charge is -2.26. The highest BCUT2D eigenvalue weighted by Gasteiger charge is 2.33. The lowest BCUT2D eigenvalue weighted by molar-refractivity contribution is 0.0880. The van der Waals surface area contributed by atoms with Crippen LogP contribution in [0.2, 0.25) is 0 Å². The average Bonchev–Trinajstić information content (AvgIpc) is 2.95. The lowest BCUT2D eigenvalue weighted by Crippen LogP contribution is -2.38. The summed E-state index contributed by atoms with van der Waals surface area (Å²) in [7, 11) is 0. The first-order valence-corrected chi connectivity index (χ1v) is 8.36. The molecule has 1 aromatic carbocycles. The van der Waals surface area contributed by atoms with E-state index >= 15 is 0 Å². The van der Waals surface area contributed by atoms with E-state index in [1.807, 2.05) is 31.4 Å². The third-order valence-corrected chi connectivity index (χ3v) is 5.04. The molecule has 0 aromatic heterocycles. The number of rotatable bonds is 5. The Morgan fingerprint density at radius 3 is 2.70 bits per heavy atom. The minimum Gasteiger partial charge on any atom is -0.396 e. The summed E-state index contributed by atoms with van der Waals surface area (Å²) in [6.07, 6.45) is 6.32. The Bertz CT molecular complexity index is 481. The van der Waals surface area contributed by atoms with Crippen LogP contribution in [-0.2, 0) is 0 Å². The molecule has 0 atom stereocenters. The maximum absolute atomic E-state index is 12.3. The predicted octanol–water partition coefficient (Wildman–Crippen LogP) is 3.00. The van der Waals surface area contributed by atoms with E-state index in [2.05, 4.69) is 5.32 Å². The number of amides is 1. The summed E-state index contributed by atoms with van der Waals surface area (Å²) in [5.41, 5.74) is 1.63. The molecule has 4 heteroatoms. The van der Waals surface area contributed by atoms with Gasteiger partial charge in [0, 0.05) is 22.4 Å². The molecule has 1 saturated carbocycles. The van der Waals surface area contributed by atoms with Crippen LogP contribution in [0, 0.1) is 12.3 Å². The number of nitrogens with one attached hydrogen (secondary N) is 1. The maximum atomic E-state index is 12.3. The summed E-state index contributed by atoms with van der Waals surface area (Å²) < 4.78 is 0. The molecule has 0 radical (unpaired) electrons. The van der Waals surface area contributed by atoms with Crippen LogP contribution in [-0.4, -0.2) is 30.4 Å². The van der Waals surface area contributed by atoms with Gasteiger partial charge < -0.3 is 10.4 Å². The fourth-order valence-electron chi connectivity index (χ4n) is 2.85. The van der Waals surface area contributed by atoms with E-state index in [1.54, 1.807) is 11.8 Å². The molecular weight excluding hydrogens is 270 g/mol. The van der Waals surface area contributed by atoms with E-state index in [0.29, 0.717) is 6.54 Å². The molecule has 0 spiro atoms. The quantitative estimate of drug-likeness (QED) is 0.821. The van der Waals surface area contributed by atoms with Gasteiger partial charge in [0.25, 0.3) is 5.91 Å². The van der Waals surface area contributed by atoms with Gasteiger partial charge in [-0.25, -0.2) is 0 Å². The molecule has 0 unspecified atom stereocenters. The van der Waals surface area contributed by atoms with Gasteiger partial charge in [-0.05, 0) is 43.7 Å². The van der Waals surface area contributed by atoms with Crippen molar-refractivity contribution in [3.05, 3.63) is 29.3 Å². The van der Waals surface area contributed by atoms with Gasteiger partial charge in [0.05, 0.1) is 6.61 Å². The van der Waals surface area contributed by atoms with Crippen LogP contribution >= 0.6 is 11.8 Å². The zero-order valence-electron chi connectivity index (χ0n) is 12.2. The largest absolute Gasteiger partial charge is 0.396 e. The number of aliphatic hydroxyl groups excluding tert-OH is 1. The summed E-state index contributed by atoms with van der Waals surface area (Å²) >= 11 is 1.64. The number of hydrogen-bond acceptors (Lipinski definition) is 3. The minimum atomic E-state index is -0.0965. The summed E-state index contributed by atoms with van der Waals surface area (Å²) in [5.74, 6) is -0.0295. The fourth-order valence-corrected chi connectivity index (χ4v) is 3.29. The third-order valence-electron chi connectivity index (χ3n) is 4.31. The molecule has 20 heavy (non-hydrogen) atoms. The highest BCUT2D eigenvalue weighted by Crippen LogP contribution is 2.37. The van der Waals surface area contributed by atoms with Crippen molar-refractivity contribution in [1.82, 2.24) is 5.32 Å². The number of thioether (sulfide) groups is 1.